The number of nitrogens with one attached hydrogen (secondary N) is 2. The second kappa shape index (κ2) is 5.71. The summed E-state index contributed by atoms with van der Waals surface area (Å²) in [6, 6.07) is 0. The van der Waals surface area contributed by atoms with Crippen LogP contribution in [-0.2, 0) is 0 Å². The number of nitrogens with zero attached hydrogens (tertiary/aromatic N) is 2. The summed E-state index contributed by atoms with van der Waals surface area (Å²) in [5, 5.41) is 13.8. The summed E-state index contributed by atoms with van der Waals surface area (Å²) in [7, 11) is 0. The largest absolute Gasteiger partial charge is 0.388 e. The summed E-state index contributed by atoms with van der Waals surface area (Å²) >= 11 is 0. The number of aromatic nitrogens is 2. The Morgan fingerprint density at radius 2 is 2.37 bits per heavy atom. The summed E-state index contributed by atoms with van der Waals surface area (Å²) in [6.45, 7) is 4.63. The van der Waals surface area contributed by atoms with Crippen LogP contribution in [0.4, 0.5) is 11.8 Å². The minimum Gasteiger partial charge on any atom is -0.388 e. The Kier molecular flexibility index (Phi) is 4.21. The van der Waals surface area contributed by atoms with Crippen molar-refractivity contribution in [3.05, 3.63) is 11.8 Å². The number of hydrogen-bond donors (Lipinski definition) is 4. The van der Waals surface area contributed by atoms with Gasteiger partial charge in [-0.3, -0.25) is 5.43 Å². The van der Waals surface area contributed by atoms with Gasteiger partial charge in [0.05, 0.1) is 5.60 Å². The van der Waals surface area contributed by atoms with Gasteiger partial charge in [-0.2, -0.15) is 4.98 Å². The van der Waals surface area contributed by atoms with Crippen LogP contribution < -0.4 is 16.6 Å². The average Bonchev–Trinajstić information content (AvgIpc) is 2.37. The van der Waals surface area contributed by atoms with Gasteiger partial charge >= 0.3 is 0 Å². The van der Waals surface area contributed by atoms with E-state index in [-0.39, 0.29) is 0 Å². The van der Waals surface area contributed by atoms with Crippen LogP contribution in [0.25, 0.3) is 0 Å². The van der Waals surface area contributed by atoms with E-state index in [9.17, 15) is 5.11 Å². The molecule has 0 spiro atoms. The molecule has 106 valence electrons. The highest BCUT2D eigenvalue weighted by molar-refractivity contribution is 5.46. The summed E-state index contributed by atoms with van der Waals surface area (Å²) in [4.78, 5) is 8.29. The molecule has 2 rings (SSSR count). The van der Waals surface area contributed by atoms with Gasteiger partial charge in [-0.15, -0.1) is 0 Å². The molecule has 0 aromatic carbocycles. The van der Waals surface area contributed by atoms with Crippen molar-refractivity contribution in [2.24, 2.45) is 11.8 Å². The Morgan fingerprint density at radius 1 is 1.58 bits per heavy atom. The van der Waals surface area contributed by atoms with Crippen LogP contribution in [0.1, 0.15) is 38.2 Å². The maximum absolute atomic E-state index is 10.6. The number of aryl methyl sites for hydroxylation is 1. The molecule has 2 unspecified atom stereocenters. The third-order valence-corrected chi connectivity index (χ3v) is 3.75. The van der Waals surface area contributed by atoms with Crippen LogP contribution in [0.5, 0.6) is 0 Å². The van der Waals surface area contributed by atoms with Crippen molar-refractivity contribution in [3.8, 4) is 0 Å². The molecule has 1 aromatic heterocycles. The monoisotopic (exact) mass is 265 g/mol. The fourth-order valence-corrected chi connectivity index (χ4v) is 2.73. The van der Waals surface area contributed by atoms with Gasteiger partial charge in [0.1, 0.15) is 5.82 Å². The summed E-state index contributed by atoms with van der Waals surface area (Å²) in [6.07, 6.45) is 5.68. The number of hydrogen-bond acceptors (Lipinski definition) is 6. The number of anilines is 2. The predicted molar refractivity (Wildman–Crippen MR) is 75.7 cm³/mol. The first kappa shape index (κ1) is 14.0. The lowest BCUT2D eigenvalue weighted by Crippen LogP contribution is -2.41. The van der Waals surface area contributed by atoms with Crippen molar-refractivity contribution in [3.63, 3.8) is 0 Å². The molecule has 0 amide bonds. The summed E-state index contributed by atoms with van der Waals surface area (Å²) < 4.78 is 0. The molecule has 19 heavy (non-hydrogen) atoms. The first-order valence-corrected chi connectivity index (χ1v) is 6.79. The van der Waals surface area contributed by atoms with E-state index in [4.69, 9.17) is 5.84 Å². The molecule has 0 bridgehead atoms. The normalized spacial score (nSPS) is 27.1. The second-order valence-corrected chi connectivity index (χ2v) is 5.65. The highest BCUT2D eigenvalue weighted by Crippen LogP contribution is 2.32. The average molecular weight is 265 g/mol. The van der Waals surface area contributed by atoms with Crippen LogP contribution in [0, 0.1) is 12.8 Å². The van der Waals surface area contributed by atoms with E-state index in [1.807, 2.05) is 6.92 Å². The lowest BCUT2D eigenvalue weighted by molar-refractivity contribution is -0.000833. The highest BCUT2D eigenvalue weighted by Gasteiger charge is 2.32. The Morgan fingerprint density at radius 3 is 3.05 bits per heavy atom. The Hall–Kier alpha value is -1.40. The van der Waals surface area contributed by atoms with Gasteiger partial charge in [-0.25, -0.2) is 10.8 Å². The quantitative estimate of drug-likeness (QED) is 0.486. The molecule has 1 aromatic rings. The van der Waals surface area contributed by atoms with Gasteiger partial charge < -0.3 is 10.4 Å². The first-order valence-electron chi connectivity index (χ1n) is 6.79. The lowest BCUT2D eigenvalue weighted by Gasteiger charge is -2.35. The molecule has 5 N–H and O–H groups in total. The third-order valence-electron chi connectivity index (χ3n) is 3.75. The second-order valence-electron chi connectivity index (χ2n) is 5.65. The number of nitrogen functional groups attached to an aromatic ring is 1. The molecule has 0 aliphatic heterocycles. The van der Waals surface area contributed by atoms with Gasteiger partial charge in [-0.05, 0) is 25.7 Å². The Labute approximate surface area is 113 Å². The topological polar surface area (TPSA) is 96.1 Å². The molecule has 2 atom stereocenters. The lowest BCUT2D eigenvalue weighted by atomic mass is 9.79. The fraction of sp³-hybridized carbons (Fsp3) is 0.692. The standard InChI is InChI=1S/C13H23N5O/c1-9-4-3-5-13(19,6-9)8-16-11-10(2)7-15-12(17-11)18-14/h7,9,19H,3-6,8,14H2,1-2H3,(H2,15,16,17,18). The SMILES string of the molecule is Cc1cnc(NN)nc1NCC1(O)CCCC(C)C1. The predicted octanol–water partition coefficient (Wildman–Crippen LogP) is 1.42. The number of nitrogens with two attached hydrogens (primary N) is 1. The van der Waals surface area contributed by atoms with Gasteiger partial charge in [0.25, 0.3) is 0 Å². The van der Waals surface area contributed by atoms with Crippen molar-refractivity contribution < 1.29 is 5.11 Å². The minimum absolute atomic E-state index is 0.372. The maximum Gasteiger partial charge on any atom is 0.239 e. The number of aliphatic hydroxyl groups is 1. The van der Waals surface area contributed by atoms with Crippen molar-refractivity contribution in [2.75, 3.05) is 17.3 Å². The molecule has 6 nitrogen and oxygen atoms in total. The molecule has 1 saturated carbocycles. The Bertz CT molecular complexity index is 439. The van der Waals surface area contributed by atoms with Crippen LogP contribution in [0.2, 0.25) is 0 Å². The third kappa shape index (κ3) is 3.54. The van der Waals surface area contributed by atoms with Gasteiger partial charge in [-0.1, -0.05) is 19.8 Å². The van der Waals surface area contributed by atoms with Crippen LogP contribution in [0.15, 0.2) is 6.20 Å². The fourth-order valence-electron chi connectivity index (χ4n) is 2.73. The summed E-state index contributed by atoms with van der Waals surface area (Å²) in [5.41, 5.74) is 2.73. The zero-order valence-corrected chi connectivity index (χ0v) is 11.6. The summed E-state index contributed by atoms with van der Waals surface area (Å²) in [5.74, 6) is 6.97. The van der Waals surface area contributed by atoms with E-state index >= 15 is 0 Å². The van der Waals surface area contributed by atoms with E-state index < -0.39 is 5.60 Å². The van der Waals surface area contributed by atoms with Gasteiger partial charge in [0.2, 0.25) is 5.95 Å². The molecule has 1 fully saturated rings. The minimum atomic E-state index is -0.634. The maximum atomic E-state index is 10.6. The molecule has 0 radical (unpaired) electrons. The van der Waals surface area contributed by atoms with E-state index in [1.54, 1.807) is 6.20 Å². The zero-order chi connectivity index (χ0) is 13.9. The van der Waals surface area contributed by atoms with E-state index in [0.717, 1.165) is 30.6 Å². The molecule has 1 heterocycles. The van der Waals surface area contributed by atoms with Crippen LogP contribution >= 0.6 is 0 Å². The van der Waals surface area contributed by atoms with Crippen LogP contribution in [0.3, 0.4) is 0 Å². The molecule has 1 aliphatic rings. The van der Waals surface area contributed by atoms with E-state index in [2.05, 4.69) is 27.6 Å². The number of rotatable bonds is 4. The van der Waals surface area contributed by atoms with Crippen molar-refractivity contribution in [2.45, 2.75) is 45.1 Å². The smallest absolute Gasteiger partial charge is 0.239 e. The first-order chi connectivity index (χ1) is 9.02. The zero-order valence-electron chi connectivity index (χ0n) is 11.6. The molecular weight excluding hydrogens is 242 g/mol. The molecule has 1 aliphatic carbocycles. The van der Waals surface area contributed by atoms with Crippen LogP contribution in [-0.4, -0.2) is 27.2 Å². The van der Waals surface area contributed by atoms with Crippen molar-refractivity contribution in [1.29, 1.82) is 0 Å². The Balaban J connectivity index is 2.01. The van der Waals surface area contributed by atoms with E-state index in [1.165, 1.54) is 6.42 Å². The van der Waals surface area contributed by atoms with E-state index in [0.29, 0.717) is 18.4 Å². The van der Waals surface area contributed by atoms with Crippen molar-refractivity contribution in [1.82, 2.24) is 9.97 Å². The molecule has 0 saturated heterocycles. The number of hydrazine groups is 1. The van der Waals surface area contributed by atoms with Crippen molar-refractivity contribution >= 4 is 11.8 Å². The molecular formula is C13H23N5O. The highest BCUT2D eigenvalue weighted by atomic mass is 16.3. The van der Waals surface area contributed by atoms with Gasteiger partial charge in [0.15, 0.2) is 0 Å². The molecule has 6 heteroatoms. The van der Waals surface area contributed by atoms with Gasteiger partial charge in [0, 0.05) is 18.3 Å².